The second-order valence-corrected chi connectivity index (χ2v) is 5.86. The SMILES string of the molecule is Cc1ccccc1S(=O)(=O)OCCc1ccccc1. The van der Waals surface area contributed by atoms with Crippen molar-refractivity contribution in [2.75, 3.05) is 6.61 Å². The van der Waals surface area contributed by atoms with Gasteiger partial charge in [0.1, 0.15) is 0 Å². The van der Waals surface area contributed by atoms with E-state index in [1.165, 1.54) is 0 Å². The molecule has 0 N–H and O–H groups in total. The highest BCUT2D eigenvalue weighted by molar-refractivity contribution is 7.86. The van der Waals surface area contributed by atoms with E-state index in [4.69, 9.17) is 4.18 Å². The van der Waals surface area contributed by atoms with Gasteiger partial charge in [0.2, 0.25) is 0 Å². The highest BCUT2D eigenvalue weighted by Gasteiger charge is 2.16. The van der Waals surface area contributed by atoms with E-state index >= 15 is 0 Å². The number of hydrogen-bond donors (Lipinski definition) is 0. The first kappa shape index (κ1) is 13.8. The average Bonchev–Trinajstić information content (AvgIpc) is 2.40. The van der Waals surface area contributed by atoms with Crippen LogP contribution in [0.2, 0.25) is 0 Å². The van der Waals surface area contributed by atoms with Crippen molar-refractivity contribution in [1.29, 1.82) is 0 Å². The van der Waals surface area contributed by atoms with Gasteiger partial charge in [0.25, 0.3) is 10.1 Å². The van der Waals surface area contributed by atoms with Gasteiger partial charge in [-0.05, 0) is 30.5 Å². The lowest BCUT2D eigenvalue weighted by Crippen LogP contribution is -2.10. The Labute approximate surface area is 114 Å². The molecule has 0 spiro atoms. The Morgan fingerprint density at radius 2 is 1.58 bits per heavy atom. The molecule has 0 atom stereocenters. The van der Waals surface area contributed by atoms with Crippen LogP contribution in [-0.4, -0.2) is 15.0 Å². The molecule has 0 radical (unpaired) electrons. The minimum atomic E-state index is -3.66. The predicted molar refractivity (Wildman–Crippen MR) is 74.5 cm³/mol. The second kappa shape index (κ2) is 5.99. The molecule has 3 nitrogen and oxygen atoms in total. The van der Waals surface area contributed by atoms with Gasteiger partial charge in [-0.25, -0.2) is 0 Å². The Kier molecular flexibility index (Phi) is 4.35. The van der Waals surface area contributed by atoms with Crippen molar-refractivity contribution in [3.05, 3.63) is 65.7 Å². The van der Waals surface area contributed by atoms with Crippen LogP contribution in [0.3, 0.4) is 0 Å². The first-order valence-corrected chi connectivity index (χ1v) is 7.49. The topological polar surface area (TPSA) is 43.4 Å². The van der Waals surface area contributed by atoms with Gasteiger partial charge in [-0.15, -0.1) is 0 Å². The van der Waals surface area contributed by atoms with Crippen LogP contribution >= 0.6 is 0 Å². The summed E-state index contributed by atoms with van der Waals surface area (Å²) in [6.45, 7) is 1.91. The largest absolute Gasteiger partial charge is 0.297 e. The maximum absolute atomic E-state index is 12.0. The second-order valence-electron chi connectivity index (χ2n) is 4.28. The zero-order valence-corrected chi connectivity index (χ0v) is 11.6. The highest BCUT2D eigenvalue weighted by atomic mass is 32.2. The first-order valence-electron chi connectivity index (χ1n) is 6.08. The van der Waals surface area contributed by atoms with E-state index in [1.54, 1.807) is 31.2 Å². The summed E-state index contributed by atoms with van der Waals surface area (Å²) in [6, 6.07) is 16.5. The molecule has 2 aromatic carbocycles. The maximum Gasteiger partial charge on any atom is 0.297 e. The van der Waals surface area contributed by atoms with Crippen molar-refractivity contribution in [3.8, 4) is 0 Å². The van der Waals surface area contributed by atoms with Gasteiger partial charge in [-0.1, -0.05) is 48.5 Å². The Balaban J connectivity index is 2.01. The average molecular weight is 276 g/mol. The maximum atomic E-state index is 12.0. The summed E-state index contributed by atoms with van der Waals surface area (Å²) < 4.78 is 29.1. The van der Waals surface area contributed by atoms with Crippen LogP contribution in [0.1, 0.15) is 11.1 Å². The minimum Gasteiger partial charge on any atom is -0.266 e. The molecule has 0 bridgehead atoms. The van der Waals surface area contributed by atoms with Crippen LogP contribution in [0.25, 0.3) is 0 Å². The van der Waals surface area contributed by atoms with Gasteiger partial charge in [0.15, 0.2) is 0 Å². The van der Waals surface area contributed by atoms with Crippen LogP contribution in [0.15, 0.2) is 59.5 Å². The zero-order chi connectivity index (χ0) is 13.7. The Hall–Kier alpha value is -1.65. The summed E-state index contributed by atoms with van der Waals surface area (Å²) in [6.07, 6.45) is 0.575. The highest BCUT2D eigenvalue weighted by Crippen LogP contribution is 2.17. The summed E-state index contributed by atoms with van der Waals surface area (Å²) in [5, 5.41) is 0. The van der Waals surface area contributed by atoms with E-state index in [1.807, 2.05) is 30.3 Å². The number of hydrogen-bond acceptors (Lipinski definition) is 3. The van der Waals surface area contributed by atoms with Crippen molar-refractivity contribution in [3.63, 3.8) is 0 Å². The van der Waals surface area contributed by atoms with E-state index < -0.39 is 10.1 Å². The van der Waals surface area contributed by atoms with Gasteiger partial charge in [-0.2, -0.15) is 8.42 Å². The number of aryl methyl sites for hydroxylation is 1. The molecule has 2 aromatic rings. The fourth-order valence-corrected chi connectivity index (χ4v) is 2.95. The summed E-state index contributed by atoms with van der Waals surface area (Å²) in [4.78, 5) is 0.239. The van der Waals surface area contributed by atoms with Crippen molar-refractivity contribution >= 4 is 10.1 Å². The smallest absolute Gasteiger partial charge is 0.266 e. The van der Waals surface area contributed by atoms with Crippen molar-refractivity contribution in [2.24, 2.45) is 0 Å². The molecule has 0 unspecified atom stereocenters. The fraction of sp³-hybridized carbons (Fsp3) is 0.200. The molecule has 0 aliphatic rings. The molecule has 0 aliphatic heterocycles. The van der Waals surface area contributed by atoms with Gasteiger partial charge >= 0.3 is 0 Å². The summed E-state index contributed by atoms with van der Waals surface area (Å²) in [7, 11) is -3.66. The lowest BCUT2D eigenvalue weighted by atomic mass is 10.2. The molecule has 2 rings (SSSR count). The molecule has 4 heteroatoms. The minimum absolute atomic E-state index is 0.153. The Morgan fingerprint density at radius 3 is 2.26 bits per heavy atom. The molecule has 100 valence electrons. The summed E-state index contributed by atoms with van der Waals surface area (Å²) >= 11 is 0. The molecular weight excluding hydrogens is 260 g/mol. The van der Waals surface area contributed by atoms with Gasteiger partial charge in [-0.3, -0.25) is 4.18 Å². The van der Waals surface area contributed by atoms with Gasteiger partial charge < -0.3 is 0 Å². The van der Waals surface area contributed by atoms with Crippen LogP contribution in [0.4, 0.5) is 0 Å². The molecule has 0 aromatic heterocycles. The molecular formula is C15H16O3S. The standard InChI is InChI=1S/C15H16O3S/c1-13-7-5-6-10-15(13)19(16,17)18-12-11-14-8-3-2-4-9-14/h2-10H,11-12H2,1H3. The predicted octanol–water partition coefficient (Wildman–Crippen LogP) is 2.94. The normalized spacial score (nSPS) is 11.4. The number of benzene rings is 2. The molecule has 0 fully saturated rings. The Morgan fingerprint density at radius 1 is 0.947 bits per heavy atom. The monoisotopic (exact) mass is 276 g/mol. The van der Waals surface area contributed by atoms with Crippen LogP contribution in [-0.2, 0) is 20.7 Å². The third-order valence-corrected chi connectivity index (χ3v) is 4.31. The zero-order valence-electron chi connectivity index (χ0n) is 10.7. The lowest BCUT2D eigenvalue weighted by Gasteiger charge is -2.08. The van der Waals surface area contributed by atoms with E-state index in [0.29, 0.717) is 12.0 Å². The third kappa shape index (κ3) is 3.66. The summed E-state index contributed by atoms with van der Waals surface area (Å²) in [5.41, 5.74) is 1.75. The van der Waals surface area contributed by atoms with Crippen LogP contribution < -0.4 is 0 Å². The Bertz CT molecular complexity index is 633. The molecule has 0 heterocycles. The molecule has 0 aliphatic carbocycles. The molecule has 0 amide bonds. The van der Waals surface area contributed by atoms with E-state index in [2.05, 4.69) is 0 Å². The van der Waals surface area contributed by atoms with E-state index in [-0.39, 0.29) is 11.5 Å². The lowest BCUT2D eigenvalue weighted by molar-refractivity contribution is 0.322. The summed E-state index contributed by atoms with van der Waals surface area (Å²) in [5.74, 6) is 0. The van der Waals surface area contributed by atoms with Crippen molar-refractivity contribution < 1.29 is 12.6 Å². The number of rotatable bonds is 5. The van der Waals surface area contributed by atoms with E-state index in [9.17, 15) is 8.42 Å². The first-order chi connectivity index (χ1) is 9.09. The third-order valence-electron chi connectivity index (χ3n) is 2.83. The van der Waals surface area contributed by atoms with Crippen LogP contribution in [0.5, 0.6) is 0 Å². The van der Waals surface area contributed by atoms with E-state index in [0.717, 1.165) is 5.56 Å². The molecule has 19 heavy (non-hydrogen) atoms. The fourth-order valence-electron chi connectivity index (χ4n) is 1.81. The van der Waals surface area contributed by atoms with Gasteiger partial charge in [0.05, 0.1) is 11.5 Å². The van der Waals surface area contributed by atoms with Crippen LogP contribution in [0, 0.1) is 6.92 Å². The van der Waals surface area contributed by atoms with Crippen molar-refractivity contribution in [1.82, 2.24) is 0 Å². The molecule has 0 saturated heterocycles. The molecule has 0 saturated carbocycles. The van der Waals surface area contributed by atoms with Gasteiger partial charge in [0, 0.05) is 0 Å². The van der Waals surface area contributed by atoms with Crippen molar-refractivity contribution in [2.45, 2.75) is 18.2 Å². The quantitative estimate of drug-likeness (QED) is 0.789.